The maximum Gasteiger partial charge on any atom is 0.253 e. The number of aryl methyl sites for hydroxylation is 2. The number of amides is 1. The lowest BCUT2D eigenvalue weighted by Crippen LogP contribution is -2.52. The van der Waals surface area contributed by atoms with Crippen molar-refractivity contribution in [2.24, 2.45) is 0 Å². The van der Waals surface area contributed by atoms with Gasteiger partial charge in [-0.05, 0) is 49.2 Å². The smallest absolute Gasteiger partial charge is 0.253 e. The second kappa shape index (κ2) is 7.67. The fraction of sp³-hybridized carbons (Fsp3) is 0.417. The Hall–Kier alpha value is -3.02. The number of ketones is 1. The van der Waals surface area contributed by atoms with Crippen LogP contribution >= 0.6 is 0 Å². The normalized spacial score (nSPS) is 17.3. The van der Waals surface area contributed by atoms with Crippen molar-refractivity contribution >= 4 is 11.7 Å². The highest BCUT2D eigenvalue weighted by molar-refractivity contribution is 6.01. The van der Waals surface area contributed by atoms with E-state index in [1.807, 2.05) is 30.9 Å². The second-order valence-corrected chi connectivity index (χ2v) is 8.21. The van der Waals surface area contributed by atoms with Crippen LogP contribution in [0.2, 0.25) is 0 Å². The van der Waals surface area contributed by atoms with Gasteiger partial charge in [0.1, 0.15) is 11.4 Å². The Balaban J connectivity index is 1.50. The number of hydrogen-bond acceptors (Lipinski definition) is 5. The molecule has 0 saturated carbocycles. The highest BCUT2D eigenvalue weighted by Crippen LogP contribution is 2.41. The standard InChI is InChI=1S/C24H27NO5/c1-15-11-16(2)22-18(12-15)19(26)14-24(30-22)7-9-25(10-8-24)23(27)17-5-6-20(28-3)21(13-17)29-4/h5-6,11-13H,7-10,14H2,1-4H3. The van der Waals surface area contributed by atoms with Crippen molar-refractivity contribution in [2.45, 2.75) is 38.7 Å². The van der Waals surface area contributed by atoms with Crippen LogP contribution in [-0.2, 0) is 0 Å². The van der Waals surface area contributed by atoms with E-state index in [0.717, 1.165) is 11.1 Å². The van der Waals surface area contributed by atoms with Crippen molar-refractivity contribution < 1.29 is 23.8 Å². The molecule has 2 aliphatic rings. The summed E-state index contributed by atoms with van der Waals surface area (Å²) in [6, 6.07) is 9.14. The molecule has 4 rings (SSSR count). The number of Topliss-reactive ketones (excluding diaryl/α,β-unsaturated/α-hetero) is 1. The van der Waals surface area contributed by atoms with E-state index < -0.39 is 5.60 Å². The van der Waals surface area contributed by atoms with Crippen molar-refractivity contribution in [1.29, 1.82) is 0 Å². The first-order valence-electron chi connectivity index (χ1n) is 10.2. The van der Waals surface area contributed by atoms with Gasteiger partial charge in [0, 0.05) is 31.5 Å². The van der Waals surface area contributed by atoms with Gasteiger partial charge in [0.15, 0.2) is 17.3 Å². The Morgan fingerprint density at radius 3 is 2.40 bits per heavy atom. The Morgan fingerprint density at radius 1 is 1.03 bits per heavy atom. The van der Waals surface area contributed by atoms with E-state index in [-0.39, 0.29) is 11.7 Å². The van der Waals surface area contributed by atoms with E-state index in [2.05, 4.69) is 0 Å². The molecule has 1 spiro atoms. The Labute approximate surface area is 176 Å². The van der Waals surface area contributed by atoms with Crippen molar-refractivity contribution in [3.63, 3.8) is 0 Å². The molecule has 2 aromatic rings. The molecule has 0 aliphatic carbocycles. The highest BCUT2D eigenvalue weighted by Gasteiger charge is 2.44. The Bertz CT molecular complexity index is 1000. The highest BCUT2D eigenvalue weighted by atomic mass is 16.5. The van der Waals surface area contributed by atoms with Gasteiger partial charge in [-0.3, -0.25) is 9.59 Å². The molecule has 0 N–H and O–H groups in total. The number of piperidine rings is 1. The van der Waals surface area contributed by atoms with E-state index in [0.29, 0.717) is 60.7 Å². The summed E-state index contributed by atoms with van der Waals surface area (Å²) in [4.78, 5) is 27.7. The molecule has 0 atom stereocenters. The van der Waals surface area contributed by atoms with Crippen LogP contribution in [0.5, 0.6) is 17.2 Å². The lowest BCUT2D eigenvalue weighted by atomic mass is 9.81. The van der Waals surface area contributed by atoms with Gasteiger partial charge in [-0.25, -0.2) is 0 Å². The number of nitrogens with zero attached hydrogens (tertiary/aromatic N) is 1. The number of hydrogen-bond donors (Lipinski definition) is 0. The molecule has 2 aliphatic heterocycles. The van der Waals surface area contributed by atoms with Crippen LogP contribution in [-0.4, -0.2) is 49.5 Å². The molecule has 1 amide bonds. The summed E-state index contributed by atoms with van der Waals surface area (Å²) in [7, 11) is 3.12. The molecule has 158 valence electrons. The van der Waals surface area contributed by atoms with Crippen molar-refractivity contribution in [3.8, 4) is 17.2 Å². The number of fused-ring (bicyclic) bond motifs is 1. The monoisotopic (exact) mass is 409 g/mol. The third kappa shape index (κ3) is 3.51. The van der Waals surface area contributed by atoms with Gasteiger partial charge >= 0.3 is 0 Å². The molecule has 6 nitrogen and oxygen atoms in total. The van der Waals surface area contributed by atoms with E-state index in [9.17, 15) is 9.59 Å². The summed E-state index contributed by atoms with van der Waals surface area (Å²) in [5.74, 6) is 1.89. The van der Waals surface area contributed by atoms with Crippen molar-refractivity contribution in [1.82, 2.24) is 4.90 Å². The minimum absolute atomic E-state index is 0.0554. The number of carbonyl (C=O) groups is 2. The number of methoxy groups -OCH3 is 2. The molecular weight excluding hydrogens is 382 g/mol. The molecular formula is C24H27NO5. The first kappa shape index (κ1) is 20.3. The van der Waals surface area contributed by atoms with Crippen LogP contribution in [0.25, 0.3) is 0 Å². The summed E-state index contributed by atoms with van der Waals surface area (Å²) in [6.07, 6.45) is 1.62. The van der Waals surface area contributed by atoms with Crippen LogP contribution < -0.4 is 14.2 Å². The number of rotatable bonds is 3. The average Bonchev–Trinajstić information content (AvgIpc) is 2.74. The van der Waals surface area contributed by atoms with Gasteiger partial charge in [0.05, 0.1) is 26.2 Å². The van der Waals surface area contributed by atoms with Crippen LogP contribution in [0.3, 0.4) is 0 Å². The van der Waals surface area contributed by atoms with Gasteiger partial charge in [-0.15, -0.1) is 0 Å². The minimum atomic E-state index is -0.529. The number of benzene rings is 2. The summed E-state index contributed by atoms with van der Waals surface area (Å²) < 4.78 is 17.0. The quantitative estimate of drug-likeness (QED) is 0.768. The van der Waals surface area contributed by atoms with Gasteiger partial charge in [-0.1, -0.05) is 6.07 Å². The summed E-state index contributed by atoms with van der Waals surface area (Å²) in [6.45, 7) is 5.05. The number of ether oxygens (including phenoxy) is 3. The third-order valence-electron chi connectivity index (χ3n) is 6.11. The Morgan fingerprint density at radius 2 is 1.73 bits per heavy atom. The second-order valence-electron chi connectivity index (χ2n) is 8.21. The zero-order valence-corrected chi connectivity index (χ0v) is 17.9. The summed E-state index contributed by atoms with van der Waals surface area (Å²) >= 11 is 0. The van der Waals surface area contributed by atoms with Crippen LogP contribution in [0.15, 0.2) is 30.3 Å². The topological polar surface area (TPSA) is 65.1 Å². The zero-order valence-electron chi connectivity index (χ0n) is 17.9. The molecule has 0 aromatic heterocycles. The molecule has 1 fully saturated rings. The molecule has 1 saturated heterocycles. The third-order valence-corrected chi connectivity index (χ3v) is 6.11. The van der Waals surface area contributed by atoms with Gasteiger partial charge in [0.25, 0.3) is 5.91 Å². The number of likely N-dealkylation sites (tertiary alicyclic amines) is 1. The van der Waals surface area contributed by atoms with Crippen LogP contribution in [0.1, 0.15) is 51.1 Å². The predicted molar refractivity (Wildman–Crippen MR) is 113 cm³/mol. The van der Waals surface area contributed by atoms with Crippen LogP contribution in [0, 0.1) is 13.8 Å². The van der Waals surface area contributed by atoms with Crippen molar-refractivity contribution in [3.05, 3.63) is 52.6 Å². The molecule has 6 heteroatoms. The van der Waals surface area contributed by atoms with E-state index in [1.165, 1.54) is 0 Å². The number of carbonyl (C=O) groups excluding carboxylic acids is 2. The van der Waals surface area contributed by atoms with Gasteiger partial charge in [-0.2, -0.15) is 0 Å². The van der Waals surface area contributed by atoms with Gasteiger partial charge in [0.2, 0.25) is 0 Å². The van der Waals surface area contributed by atoms with E-state index in [4.69, 9.17) is 14.2 Å². The largest absolute Gasteiger partial charge is 0.493 e. The fourth-order valence-corrected chi connectivity index (χ4v) is 4.49. The molecule has 0 radical (unpaired) electrons. The maximum absolute atomic E-state index is 13.0. The predicted octanol–water partition coefficient (Wildman–Crippen LogP) is 3.96. The lowest BCUT2D eigenvalue weighted by molar-refractivity contribution is -0.00620. The maximum atomic E-state index is 13.0. The SMILES string of the molecule is COc1ccc(C(=O)N2CCC3(CC2)CC(=O)c2cc(C)cc(C)c2O3)cc1OC. The molecule has 0 bridgehead atoms. The first-order valence-corrected chi connectivity index (χ1v) is 10.2. The molecule has 30 heavy (non-hydrogen) atoms. The molecule has 2 aromatic carbocycles. The average molecular weight is 409 g/mol. The fourth-order valence-electron chi connectivity index (χ4n) is 4.49. The lowest BCUT2D eigenvalue weighted by Gasteiger charge is -2.44. The summed E-state index contributed by atoms with van der Waals surface area (Å²) in [5.41, 5.74) is 2.76. The van der Waals surface area contributed by atoms with E-state index in [1.54, 1.807) is 32.4 Å². The molecule has 2 heterocycles. The zero-order chi connectivity index (χ0) is 21.5. The van der Waals surface area contributed by atoms with Crippen LogP contribution in [0.4, 0.5) is 0 Å². The van der Waals surface area contributed by atoms with Gasteiger partial charge < -0.3 is 19.1 Å². The summed E-state index contributed by atoms with van der Waals surface area (Å²) in [5, 5.41) is 0. The van der Waals surface area contributed by atoms with E-state index >= 15 is 0 Å². The Kier molecular flexibility index (Phi) is 5.18. The van der Waals surface area contributed by atoms with Crippen molar-refractivity contribution in [2.75, 3.05) is 27.3 Å². The molecule has 0 unspecified atom stereocenters. The first-order chi connectivity index (χ1) is 14.4. The minimum Gasteiger partial charge on any atom is -0.493 e.